The summed E-state index contributed by atoms with van der Waals surface area (Å²) < 4.78 is 5.57. The van der Waals surface area contributed by atoms with Crippen LogP contribution in [-0.4, -0.2) is 37.8 Å². The fourth-order valence-electron chi connectivity index (χ4n) is 2.57. The Morgan fingerprint density at radius 2 is 2.30 bits per heavy atom. The highest BCUT2D eigenvalue weighted by Gasteiger charge is 2.26. The Balaban J connectivity index is 2.12. The fraction of sp³-hybridized carbons (Fsp3) is 0.667. The molecule has 4 nitrogen and oxygen atoms in total. The van der Waals surface area contributed by atoms with Crippen molar-refractivity contribution in [3.8, 4) is 0 Å². The van der Waals surface area contributed by atoms with Gasteiger partial charge in [0.15, 0.2) is 0 Å². The van der Waals surface area contributed by atoms with Gasteiger partial charge < -0.3 is 15.0 Å². The van der Waals surface area contributed by atoms with Gasteiger partial charge in [0, 0.05) is 26.7 Å². The smallest absolute Gasteiger partial charge is 0.129 e. The lowest BCUT2D eigenvalue weighted by Crippen LogP contribution is -2.44. The van der Waals surface area contributed by atoms with Gasteiger partial charge in [0.1, 0.15) is 5.82 Å². The molecule has 0 amide bonds. The Hall–Kier alpha value is -0.840. The third-order valence-corrected chi connectivity index (χ3v) is 4.31. The summed E-state index contributed by atoms with van der Waals surface area (Å²) in [5, 5.41) is 4.00. The third-order valence-electron chi connectivity index (χ3n) is 3.96. The van der Waals surface area contributed by atoms with E-state index in [9.17, 15) is 0 Å². The van der Waals surface area contributed by atoms with Crippen LogP contribution in [0.3, 0.4) is 0 Å². The summed E-state index contributed by atoms with van der Waals surface area (Å²) in [5.41, 5.74) is 0.915. The number of anilines is 1. The van der Waals surface area contributed by atoms with Crippen LogP contribution in [0.15, 0.2) is 12.1 Å². The van der Waals surface area contributed by atoms with Crippen molar-refractivity contribution in [2.45, 2.75) is 32.9 Å². The molecule has 112 valence electrons. The summed E-state index contributed by atoms with van der Waals surface area (Å²) in [5.74, 6) is 1.60. The highest BCUT2D eigenvalue weighted by molar-refractivity contribution is 6.31. The lowest BCUT2D eigenvalue weighted by molar-refractivity contribution is 0.0496. The number of nitrogens with one attached hydrogen (secondary N) is 1. The van der Waals surface area contributed by atoms with Crippen LogP contribution in [-0.2, 0) is 11.3 Å². The van der Waals surface area contributed by atoms with E-state index in [1.54, 1.807) is 7.11 Å². The monoisotopic (exact) mass is 297 g/mol. The first kappa shape index (κ1) is 15.5. The molecule has 1 saturated heterocycles. The standard InChI is InChI=1S/C15H24ClN3O/c1-4-17-9-13-12(16)5-6-15(18-13)19-8-7-11(2)14(10-19)20-3/h5-6,11,14,17H,4,7-10H2,1-3H3. The van der Waals surface area contributed by atoms with Crippen LogP contribution in [0.5, 0.6) is 0 Å². The van der Waals surface area contributed by atoms with Crippen LogP contribution < -0.4 is 10.2 Å². The van der Waals surface area contributed by atoms with E-state index in [-0.39, 0.29) is 6.10 Å². The summed E-state index contributed by atoms with van der Waals surface area (Å²) in [4.78, 5) is 6.99. The lowest BCUT2D eigenvalue weighted by Gasteiger charge is -2.37. The molecule has 0 saturated carbocycles. The Kier molecular flexibility index (Phi) is 5.64. The number of halogens is 1. The number of hydrogen-bond acceptors (Lipinski definition) is 4. The first-order valence-corrected chi connectivity index (χ1v) is 7.67. The predicted molar refractivity (Wildman–Crippen MR) is 83.4 cm³/mol. The maximum absolute atomic E-state index is 6.20. The summed E-state index contributed by atoms with van der Waals surface area (Å²) >= 11 is 6.20. The molecule has 0 bridgehead atoms. The van der Waals surface area contributed by atoms with Crippen molar-refractivity contribution in [2.24, 2.45) is 5.92 Å². The zero-order chi connectivity index (χ0) is 14.5. The van der Waals surface area contributed by atoms with Crippen molar-refractivity contribution >= 4 is 17.4 Å². The van der Waals surface area contributed by atoms with Gasteiger partial charge in [0.25, 0.3) is 0 Å². The van der Waals surface area contributed by atoms with Crippen LogP contribution in [0.4, 0.5) is 5.82 Å². The average molecular weight is 298 g/mol. The van der Waals surface area contributed by atoms with Crippen LogP contribution in [0, 0.1) is 5.92 Å². The molecule has 1 aliphatic heterocycles. The van der Waals surface area contributed by atoms with E-state index in [2.05, 4.69) is 24.1 Å². The lowest BCUT2D eigenvalue weighted by atomic mass is 9.96. The molecule has 2 rings (SSSR count). The van der Waals surface area contributed by atoms with Crippen LogP contribution in [0.1, 0.15) is 26.0 Å². The first-order valence-electron chi connectivity index (χ1n) is 7.29. The number of aromatic nitrogens is 1. The average Bonchev–Trinajstić information content (AvgIpc) is 2.47. The third kappa shape index (κ3) is 3.62. The second-order valence-electron chi connectivity index (χ2n) is 5.36. The predicted octanol–water partition coefficient (Wildman–Crippen LogP) is 2.71. The number of piperidine rings is 1. The second-order valence-corrected chi connectivity index (χ2v) is 5.77. The second kappa shape index (κ2) is 7.25. The number of nitrogens with zero attached hydrogens (tertiary/aromatic N) is 2. The van der Waals surface area contributed by atoms with Gasteiger partial charge in [-0.1, -0.05) is 25.4 Å². The quantitative estimate of drug-likeness (QED) is 0.907. The molecule has 20 heavy (non-hydrogen) atoms. The number of hydrogen-bond donors (Lipinski definition) is 1. The molecule has 0 radical (unpaired) electrons. The highest BCUT2D eigenvalue weighted by Crippen LogP contribution is 2.25. The molecular formula is C15H24ClN3O. The Labute approximate surface area is 126 Å². The molecule has 1 aromatic rings. The maximum atomic E-state index is 6.20. The molecule has 0 aromatic carbocycles. The van der Waals surface area contributed by atoms with Crippen LogP contribution >= 0.6 is 11.6 Å². The fourth-order valence-corrected chi connectivity index (χ4v) is 2.74. The zero-order valence-electron chi connectivity index (χ0n) is 12.5. The van der Waals surface area contributed by atoms with Crippen molar-refractivity contribution < 1.29 is 4.74 Å². The molecule has 0 spiro atoms. The van der Waals surface area contributed by atoms with E-state index in [1.165, 1.54) is 0 Å². The molecule has 1 aliphatic rings. The van der Waals surface area contributed by atoms with Gasteiger partial charge >= 0.3 is 0 Å². The summed E-state index contributed by atoms with van der Waals surface area (Å²) in [6, 6.07) is 3.94. The van der Waals surface area contributed by atoms with Gasteiger partial charge in [-0.2, -0.15) is 0 Å². The minimum Gasteiger partial charge on any atom is -0.379 e. The van der Waals surface area contributed by atoms with Gasteiger partial charge in [-0.05, 0) is 31.0 Å². The van der Waals surface area contributed by atoms with Crippen molar-refractivity contribution in [1.29, 1.82) is 0 Å². The molecule has 1 aromatic heterocycles. The van der Waals surface area contributed by atoms with Gasteiger partial charge in [-0.15, -0.1) is 0 Å². The van der Waals surface area contributed by atoms with Crippen LogP contribution in [0.25, 0.3) is 0 Å². The Morgan fingerprint density at radius 3 is 3.00 bits per heavy atom. The van der Waals surface area contributed by atoms with E-state index in [1.807, 2.05) is 12.1 Å². The van der Waals surface area contributed by atoms with E-state index in [4.69, 9.17) is 21.3 Å². The molecular weight excluding hydrogens is 274 g/mol. The highest BCUT2D eigenvalue weighted by atomic mass is 35.5. The molecule has 1 N–H and O–H groups in total. The Morgan fingerprint density at radius 1 is 1.50 bits per heavy atom. The molecule has 2 heterocycles. The SMILES string of the molecule is CCNCc1nc(N2CCC(C)C(OC)C2)ccc1Cl. The zero-order valence-corrected chi connectivity index (χ0v) is 13.3. The first-order chi connectivity index (χ1) is 9.65. The van der Waals surface area contributed by atoms with E-state index in [0.717, 1.165) is 42.6 Å². The van der Waals surface area contributed by atoms with Crippen molar-refractivity contribution in [1.82, 2.24) is 10.3 Å². The van der Waals surface area contributed by atoms with Gasteiger partial charge in [0.05, 0.1) is 16.8 Å². The number of rotatable bonds is 5. The summed E-state index contributed by atoms with van der Waals surface area (Å²) in [6.07, 6.45) is 1.41. The number of methoxy groups -OCH3 is 1. The molecule has 2 unspecified atom stereocenters. The van der Waals surface area contributed by atoms with E-state index >= 15 is 0 Å². The Bertz CT molecular complexity index is 441. The number of ether oxygens (including phenoxy) is 1. The van der Waals surface area contributed by atoms with Gasteiger partial charge in [-0.3, -0.25) is 0 Å². The van der Waals surface area contributed by atoms with E-state index in [0.29, 0.717) is 12.5 Å². The maximum Gasteiger partial charge on any atom is 0.129 e. The van der Waals surface area contributed by atoms with Crippen molar-refractivity contribution in [2.75, 3.05) is 31.6 Å². The van der Waals surface area contributed by atoms with Gasteiger partial charge in [-0.25, -0.2) is 4.98 Å². The molecule has 5 heteroatoms. The molecule has 1 fully saturated rings. The van der Waals surface area contributed by atoms with Gasteiger partial charge in [0.2, 0.25) is 0 Å². The summed E-state index contributed by atoms with van der Waals surface area (Å²) in [7, 11) is 1.79. The normalized spacial score (nSPS) is 23.1. The van der Waals surface area contributed by atoms with Crippen LogP contribution in [0.2, 0.25) is 5.02 Å². The largest absolute Gasteiger partial charge is 0.379 e. The van der Waals surface area contributed by atoms with E-state index < -0.39 is 0 Å². The minimum atomic E-state index is 0.276. The van der Waals surface area contributed by atoms with Crippen molar-refractivity contribution in [3.05, 3.63) is 22.8 Å². The topological polar surface area (TPSA) is 37.4 Å². The molecule has 2 atom stereocenters. The molecule has 0 aliphatic carbocycles. The number of pyridine rings is 1. The summed E-state index contributed by atoms with van der Waals surface area (Å²) in [6.45, 7) is 7.87. The van der Waals surface area contributed by atoms with Crippen molar-refractivity contribution in [3.63, 3.8) is 0 Å². The minimum absolute atomic E-state index is 0.276.